The highest BCUT2D eigenvalue weighted by Crippen LogP contribution is 2.27. The molecular weight excluding hydrogens is 403 g/mol. The monoisotopic (exact) mass is 434 g/mol. The summed E-state index contributed by atoms with van der Waals surface area (Å²) in [6.45, 7) is 3.81. The number of aromatic amines is 1. The molecule has 4 N–H and O–H groups in total. The number of nitrogens with one attached hydrogen (secondary N) is 3. The number of methoxy groups -OCH3 is 1. The third-order valence-electron chi connectivity index (χ3n) is 6.18. The molecule has 170 valence electrons. The van der Waals surface area contributed by atoms with E-state index in [9.17, 15) is 19.1 Å². The molecule has 5 unspecified atom stereocenters. The molecule has 1 fully saturated rings. The molecule has 0 spiro atoms. The van der Waals surface area contributed by atoms with Gasteiger partial charge in [0.25, 0.3) is 0 Å². The van der Waals surface area contributed by atoms with Crippen molar-refractivity contribution in [2.45, 2.75) is 57.0 Å². The molecule has 0 aliphatic carbocycles. The Bertz CT molecular complexity index is 933. The van der Waals surface area contributed by atoms with Crippen molar-refractivity contribution in [3.8, 4) is 0 Å². The zero-order valence-corrected chi connectivity index (χ0v) is 18.3. The fourth-order valence-corrected chi connectivity index (χ4v) is 4.01. The lowest BCUT2D eigenvalue weighted by Crippen LogP contribution is -2.58. The Balaban J connectivity index is 1.82. The smallest absolute Gasteiger partial charge is 0.248 e. The first-order valence-corrected chi connectivity index (χ1v) is 10.5. The number of H-pyrrole nitrogens is 1. The van der Waals surface area contributed by atoms with Crippen LogP contribution in [0.4, 0.5) is 4.39 Å². The van der Waals surface area contributed by atoms with Crippen molar-refractivity contribution >= 4 is 22.7 Å². The zero-order chi connectivity index (χ0) is 22.7. The normalized spacial score (nSPS) is 21.8. The highest BCUT2D eigenvalue weighted by Gasteiger charge is 2.41. The Morgan fingerprint density at radius 1 is 1.39 bits per heavy atom. The van der Waals surface area contributed by atoms with E-state index in [1.165, 1.54) is 19.2 Å². The average Bonchev–Trinajstić information content (AvgIpc) is 3.33. The number of hydrogen-bond donors (Lipinski definition) is 4. The van der Waals surface area contributed by atoms with E-state index >= 15 is 0 Å². The molecule has 1 aliphatic rings. The van der Waals surface area contributed by atoms with Gasteiger partial charge in [-0.25, -0.2) is 4.39 Å². The fourth-order valence-electron chi connectivity index (χ4n) is 4.01. The van der Waals surface area contributed by atoms with E-state index < -0.39 is 30.3 Å². The van der Waals surface area contributed by atoms with Crippen molar-refractivity contribution in [2.75, 3.05) is 20.7 Å². The van der Waals surface area contributed by atoms with Crippen LogP contribution in [-0.4, -0.2) is 77.8 Å². The van der Waals surface area contributed by atoms with Gasteiger partial charge in [0, 0.05) is 30.8 Å². The predicted molar refractivity (Wildman–Crippen MR) is 115 cm³/mol. The van der Waals surface area contributed by atoms with E-state index in [1.54, 1.807) is 38.1 Å². The second kappa shape index (κ2) is 9.76. The second-order valence-corrected chi connectivity index (χ2v) is 8.10. The lowest BCUT2D eigenvalue weighted by Gasteiger charge is -2.32. The summed E-state index contributed by atoms with van der Waals surface area (Å²) in [6, 6.07) is 2.70. The number of ether oxygens (including phenoxy) is 1. The Labute approximate surface area is 181 Å². The number of hydrogen-bond acceptors (Lipinski definition) is 5. The number of aliphatic hydroxyl groups excluding tert-OH is 1. The number of halogens is 1. The lowest BCUT2D eigenvalue weighted by molar-refractivity contribution is -0.141. The van der Waals surface area contributed by atoms with Crippen LogP contribution in [0, 0.1) is 5.82 Å². The molecule has 8 nitrogen and oxygen atoms in total. The summed E-state index contributed by atoms with van der Waals surface area (Å²) in [6.07, 6.45) is 1.40. The lowest BCUT2D eigenvalue weighted by atomic mass is 10.0. The molecule has 1 saturated heterocycles. The summed E-state index contributed by atoms with van der Waals surface area (Å²) in [4.78, 5) is 30.5. The van der Waals surface area contributed by atoms with Crippen LogP contribution in [-0.2, 0) is 20.7 Å². The molecule has 1 aromatic carbocycles. The van der Waals surface area contributed by atoms with Gasteiger partial charge < -0.3 is 30.4 Å². The average molecular weight is 435 g/mol. The van der Waals surface area contributed by atoms with Gasteiger partial charge in [0.1, 0.15) is 11.9 Å². The fraction of sp³-hybridized carbons (Fsp3) is 0.545. The first-order valence-electron chi connectivity index (χ1n) is 10.5. The minimum absolute atomic E-state index is 0.293. The number of fused-ring (bicyclic) bond motifs is 1. The number of likely N-dealkylation sites (tertiary alicyclic amines) is 1. The van der Waals surface area contributed by atoms with Gasteiger partial charge in [-0.1, -0.05) is 0 Å². The van der Waals surface area contributed by atoms with Crippen LogP contribution in [0.5, 0.6) is 0 Å². The first kappa shape index (κ1) is 23.2. The summed E-state index contributed by atoms with van der Waals surface area (Å²) in [7, 11) is 3.15. The van der Waals surface area contributed by atoms with Crippen LogP contribution >= 0.6 is 0 Å². The number of carbonyl (C=O) groups excluding carboxylic acids is 2. The van der Waals surface area contributed by atoms with Gasteiger partial charge in [0.05, 0.1) is 24.3 Å². The van der Waals surface area contributed by atoms with Crippen LogP contribution < -0.4 is 10.6 Å². The van der Waals surface area contributed by atoms with Crippen molar-refractivity contribution in [2.24, 2.45) is 0 Å². The van der Waals surface area contributed by atoms with E-state index in [2.05, 4.69) is 15.6 Å². The Morgan fingerprint density at radius 3 is 2.81 bits per heavy atom. The SMILES string of the molecule is CNC(C)C(=O)NC(C(=O)N1CCC(O)C1Cc1c[nH]c2cc(F)ccc12)C(C)OC. The van der Waals surface area contributed by atoms with E-state index in [-0.39, 0.29) is 17.6 Å². The minimum atomic E-state index is -0.877. The van der Waals surface area contributed by atoms with Gasteiger partial charge >= 0.3 is 0 Å². The number of aliphatic hydroxyl groups is 1. The number of aromatic nitrogens is 1. The molecule has 31 heavy (non-hydrogen) atoms. The highest BCUT2D eigenvalue weighted by atomic mass is 19.1. The number of rotatable bonds is 8. The third kappa shape index (κ3) is 4.89. The summed E-state index contributed by atoms with van der Waals surface area (Å²) in [5.41, 5.74) is 1.56. The van der Waals surface area contributed by atoms with Crippen LogP contribution in [0.25, 0.3) is 10.9 Å². The van der Waals surface area contributed by atoms with E-state index in [4.69, 9.17) is 4.74 Å². The predicted octanol–water partition coefficient (Wildman–Crippen LogP) is 0.939. The van der Waals surface area contributed by atoms with Gasteiger partial charge in [0.15, 0.2) is 0 Å². The molecule has 2 aromatic rings. The van der Waals surface area contributed by atoms with Crippen LogP contribution in [0.1, 0.15) is 25.8 Å². The van der Waals surface area contributed by atoms with Gasteiger partial charge in [-0.15, -0.1) is 0 Å². The Kier molecular flexibility index (Phi) is 7.30. The molecule has 1 aromatic heterocycles. The zero-order valence-electron chi connectivity index (χ0n) is 18.3. The van der Waals surface area contributed by atoms with E-state index in [1.807, 2.05) is 0 Å². The van der Waals surface area contributed by atoms with E-state index in [0.717, 1.165) is 10.9 Å². The quantitative estimate of drug-likeness (QED) is 0.495. The summed E-state index contributed by atoms with van der Waals surface area (Å²) < 4.78 is 18.9. The Hall–Kier alpha value is -2.49. The Morgan fingerprint density at radius 2 is 2.13 bits per heavy atom. The second-order valence-electron chi connectivity index (χ2n) is 8.10. The minimum Gasteiger partial charge on any atom is -0.391 e. The van der Waals surface area contributed by atoms with Gasteiger partial charge in [-0.2, -0.15) is 0 Å². The molecule has 5 atom stereocenters. The van der Waals surface area contributed by atoms with Crippen molar-refractivity contribution < 1.29 is 23.8 Å². The molecule has 2 heterocycles. The van der Waals surface area contributed by atoms with Crippen LogP contribution in [0.3, 0.4) is 0 Å². The van der Waals surface area contributed by atoms with Crippen LogP contribution in [0.15, 0.2) is 24.4 Å². The largest absolute Gasteiger partial charge is 0.391 e. The molecule has 2 amide bonds. The topological polar surface area (TPSA) is 107 Å². The summed E-state index contributed by atoms with van der Waals surface area (Å²) in [5, 5.41) is 17.1. The van der Waals surface area contributed by atoms with Crippen molar-refractivity contribution in [3.63, 3.8) is 0 Å². The number of benzene rings is 1. The molecule has 0 radical (unpaired) electrons. The summed E-state index contributed by atoms with van der Waals surface area (Å²) >= 11 is 0. The number of amides is 2. The number of likely N-dealkylation sites (N-methyl/N-ethyl adjacent to an activating group) is 1. The van der Waals surface area contributed by atoms with Crippen molar-refractivity contribution in [1.29, 1.82) is 0 Å². The van der Waals surface area contributed by atoms with Gasteiger partial charge in [-0.3, -0.25) is 9.59 Å². The number of carbonyl (C=O) groups is 2. The molecule has 9 heteroatoms. The van der Waals surface area contributed by atoms with Gasteiger partial charge in [-0.05, 0) is 57.5 Å². The van der Waals surface area contributed by atoms with Crippen molar-refractivity contribution in [1.82, 2.24) is 20.5 Å². The molecule has 1 aliphatic heterocycles. The standard InChI is InChI=1S/C22H31FN4O4/c1-12(24-3)21(29)26-20(13(2)31-4)22(30)27-8-7-19(28)18(27)9-14-11-25-17-10-15(23)5-6-16(14)17/h5-6,10-13,18-20,24-25,28H,7-9H2,1-4H3,(H,26,29). The molecule has 3 rings (SSSR count). The van der Waals surface area contributed by atoms with Crippen LogP contribution in [0.2, 0.25) is 0 Å². The van der Waals surface area contributed by atoms with Crippen molar-refractivity contribution in [3.05, 3.63) is 35.8 Å². The molecular formula is C22H31FN4O4. The maximum Gasteiger partial charge on any atom is 0.248 e. The first-order chi connectivity index (χ1) is 14.8. The highest BCUT2D eigenvalue weighted by molar-refractivity contribution is 5.90. The number of nitrogens with zero attached hydrogens (tertiary/aromatic N) is 1. The molecule has 0 bridgehead atoms. The van der Waals surface area contributed by atoms with E-state index in [0.29, 0.717) is 24.9 Å². The van der Waals surface area contributed by atoms with Gasteiger partial charge in [0.2, 0.25) is 11.8 Å². The maximum absolute atomic E-state index is 13.5. The summed E-state index contributed by atoms with van der Waals surface area (Å²) in [5.74, 6) is -0.931. The maximum atomic E-state index is 13.5. The third-order valence-corrected chi connectivity index (χ3v) is 6.18. The molecule has 0 saturated carbocycles.